The Balaban J connectivity index is 1.21. The van der Waals surface area contributed by atoms with E-state index in [1.807, 2.05) is 0 Å². The molecule has 4 heteroatoms. The maximum absolute atomic E-state index is 12.1. The van der Waals surface area contributed by atoms with Crippen LogP contribution in [-0.2, 0) is 6.42 Å². The molecule has 1 aliphatic rings. The lowest BCUT2D eigenvalue weighted by Gasteiger charge is -2.26. The van der Waals surface area contributed by atoms with Crippen LogP contribution in [0, 0.1) is 0 Å². The van der Waals surface area contributed by atoms with E-state index < -0.39 is 0 Å². The molecule has 0 radical (unpaired) electrons. The molecular formula is C29H28N2O2. The molecular weight excluding hydrogens is 408 g/mol. The third kappa shape index (κ3) is 4.62. The number of hydrogen-bond donors (Lipinski definition) is 2. The van der Waals surface area contributed by atoms with Crippen molar-refractivity contribution in [1.29, 1.82) is 0 Å². The number of aromatic nitrogens is 1. The Morgan fingerprint density at radius 2 is 1.73 bits per heavy atom. The van der Waals surface area contributed by atoms with Gasteiger partial charge in [-0.25, -0.2) is 0 Å². The van der Waals surface area contributed by atoms with E-state index >= 15 is 0 Å². The van der Waals surface area contributed by atoms with Gasteiger partial charge in [-0.15, -0.1) is 0 Å². The predicted molar refractivity (Wildman–Crippen MR) is 135 cm³/mol. The van der Waals surface area contributed by atoms with Crippen LogP contribution >= 0.6 is 0 Å². The largest absolute Gasteiger partial charge is 0.507 e. The molecule has 0 aliphatic carbocycles. The maximum atomic E-state index is 12.1. The van der Waals surface area contributed by atoms with Crippen molar-refractivity contribution in [2.45, 2.75) is 19.3 Å². The Hall–Kier alpha value is -3.63. The van der Waals surface area contributed by atoms with Crippen LogP contribution in [0.15, 0.2) is 89.9 Å². The van der Waals surface area contributed by atoms with Crippen LogP contribution in [0.3, 0.4) is 0 Å². The lowest BCUT2D eigenvalue weighted by molar-refractivity contribution is 0.298. The standard InChI is InChI=1S/C29H28N2O2/c32-27-10-4-9-25-28(27)26(20-30-29(25)33)24-13-11-21(12-14-24)6-5-17-31-18-15-23(16-19-31)22-7-2-1-3-8-22/h1-4,7-15,20,32H,5-6,16-19H2,(H,30,33). The van der Waals surface area contributed by atoms with E-state index in [1.54, 1.807) is 24.4 Å². The van der Waals surface area contributed by atoms with Gasteiger partial charge in [0.25, 0.3) is 5.56 Å². The first kappa shape index (κ1) is 21.2. The van der Waals surface area contributed by atoms with E-state index in [2.05, 4.69) is 70.6 Å². The Morgan fingerprint density at radius 3 is 2.48 bits per heavy atom. The summed E-state index contributed by atoms with van der Waals surface area (Å²) in [5.74, 6) is 0.128. The van der Waals surface area contributed by atoms with Gasteiger partial charge < -0.3 is 10.1 Å². The van der Waals surface area contributed by atoms with Gasteiger partial charge in [0.15, 0.2) is 0 Å². The van der Waals surface area contributed by atoms with E-state index in [0.29, 0.717) is 10.8 Å². The Kier molecular flexibility index (Phi) is 6.09. The lowest BCUT2D eigenvalue weighted by atomic mass is 9.98. The highest BCUT2D eigenvalue weighted by Gasteiger charge is 2.13. The molecule has 4 nitrogen and oxygen atoms in total. The fourth-order valence-corrected chi connectivity index (χ4v) is 4.71. The molecule has 0 fully saturated rings. The molecule has 0 unspecified atom stereocenters. The fraction of sp³-hybridized carbons (Fsp3) is 0.207. The smallest absolute Gasteiger partial charge is 0.255 e. The first-order valence-corrected chi connectivity index (χ1v) is 11.6. The fourth-order valence-electron chi connectivity index (χ4n) is 4.71. The summed E-state index contributed by atoms with van der Waals surface area (Å²) < 4.78 is 0. The molecule has 0 bridgehead atoms. The molecule has 0 amide bonds. The number of fused-ring (bicyclic) bond motifs is 1. The van der Waals surface area contributed by atoms with E-state index in [4.69, 9.17) is 0 Å². The van der Waals surface area contributed by atoms with Crippen LogP contribution in [0.25, 0.3) is 27.5 Å². The minimum absolute atomic E-state index is 0.128. The zero-order valence-electron chi connectivity index (χ0n) is 18.6. The molecule has 1 aliphatic heterocycles. The summed E-state index contributed by atoms with van der Waals surface area (Å²) in [6, 6.07) is 24.2. The van der Waals surface area contributed by atoms with E-state index in [9.17, 15) is 9.90 Å². The summed E-state index contributed by atoms with van der Waals surface area (Å²) in [6.07, 6.45) is 7.32. The van der Waals surface area contributed by atoms with Crippen LogP contribution in [0.1, 0.15) is 24.0 Å². The van der Waals surface area contributed by atoms with E-state index in [0.717, 1.165) is 50.0 Å². The molecule has 5 rings (SSSR count). The zero-order valence-corrected chi connectivity index (χ0v) is 18.6. The Morgan fingerprint density at radius 1 is 0.909 bits per heavy atom. The number of aromatic hydroxyl groups is 1. The third-order valence-electron chi connectivity index (χ3n) is 6.55. The number of benzene rings is 3. The first-order chi connectivity index (χ1) is 16.2. The van der Waals surface area contributed by atoms with Crippen LogP contribution in [0.5, 0.6) is 5.75 Å². The van der Waals surface area contributed by atoms with Crippen LogP contribution in [0.4, 0.5) is 0 Å². The molecule has 3 aromatic carbocycles. The van der Waals surface area contributed by atoms with Crippen molar-refractivity contribution in [3.05, 3.63) is 107 Å². The molecule has 0 spiro atoms. The summed E-state index contributed by atoms with van der Waals surface area (Å²) in [5, 5.41) is 11.5. The number of aryl methyl sites for hydroxylation is 1. The van der Waals surface area contributed by atoms with Crippen molar-refractivity contribution in [3.8, 4) is 16.9 Å². The van der Waals surface area contributed by atoms with Gasteiger partial charge in [-0.1, -0.05) is 66.7 Å². The minimum Gasteiger partial charge on any atom is -0.507 e. The highest BCUT2D eigenvalue weighted by atomic mass is 16.3. The SMILES string of the molecule is O=c1[nH]cc(-c2ccc(CCCN3CC=C(c4ccccc4)CC3)cc2)c2c(O)cccc12. The number of aromatic amines is 1. The normalized spacial score (nSPS) is 14.4. The highest BCUT2D eigenvalue weighted by Crippen LogP contribution is 2.32. The summed E-state index contributed by atoms with van der Waals surface area (Å²) in [4.78, 5) is 17.4. The predicted octanol–water partition coefficient (Wildman–Crippen LogP) is 5.62. The molecule has 0 saturated carbocycles. The second kappa shape index (κ2) is 9.47. The quantitative estimate of drug-likeness (QED) is 0.412. The van der Waals surface area contributed by atoms with E-state index in [-0.39, 0.29) is 11.3 Å². The summed E-state index contributed by atoms with van der Waals surface area (Å²) in [6.45, 7) is 3.23. The van der Waals surface area contributed by atoms with Gasteiger partial charge in [-0.05, 0) is 60.2 Å². The zero-order chi connectivity index (χ0) is 22.6. The van der Waals surface area contributed by atoms with Gasteiger partial charge >= 0.3 is 0 Å². The van der Waals surface area contributed by atoms with Gasteiger partial charge in [0.1, 0.15) is 5.75 Å². The maximum Gasteiger partial charge on any atom is 0.255 e. The molecule has 4 aromatic rings. The number of hydrogen-bond acceptors (Lipinski definition) is 3. The van der Waals surface area contributed by atoms with E-state index in [1.165, 1.54) is 16.7 Å². The Labute approximate surface area is 193 Å². The number of nitrogens with one attached hydrogen (secondary N) is 1. The second-order valence-corrected chi connectivity index (χ2v) is 8.68. The van der Waals surface area contributed by atoms with Crippen molar-refractivity contribution in [2.75, 3.05) is 19.6 Å². The summed E-state index contributed by atoms with van der Waals surface area (Å²) in [7, 11) is 0. The van der Waals surface area contributed by atoms with Crippen molar-refractivity contribution >= 4 is 16.3 Å². The molecule has 166 valence electrons. The molecule has 33 heavy (non-hydrogen) atoms. The molecule has 0 atom stereocenters. The highest BCUT2D eigenvalue weighted by molar-refractivity contribution is 5.99. The molecule has 1 aromatic heterocycles. The van der Waals surface area contributed by atoms with Crippen molar-refractivity contribution in [2.24, 2.45) is 0 Å². The first-order valence-electron chi connectivity index (χ1n) is 11.6. The topological polar surface area (TPSA) is 56.3 Å². The second-order valence-electron chi connectivity index (χ2n) is 8.68. The third-order valence-corrected chi connectivity index (χ3v) is 6.55. The average molecular weight is 437 g/mol. The van der Waals surface area contributed by atoms with Gasteiger partial charge in [-0.3, -0.25) is 9.69 Å². The van der Waals surface area contributed by atoms with Crippen molar-refractivity contribution in [1.82, 2.24) is 9.88 Å². The van der Waals surface area contributed by atoms with Crippen LogP contribution < -0.4 is 5.56 Å². The van der Waals surface area contributed by atoms with Gasteiger partial charge in [-0.2, -0.15) is 0 Å². The summed E-state index contributed by atoms with van der Waals surface area (Å²) in [5.41, 5.74) is 5.74. The van der Waals surface area contributed by atoms with Gasteiger partial charge in [0, 0.05) is 30.2 Å². The summed E-state index contributed by atoms with van der Waals surface area (Å²) >= 11 is 0. The van der Waals surface area contributed by atoms with Crippen molar-refractivity contribution in [3.63, 3.8) is 0 Å². The number of rotatable bonds is 6. The number of H-pyrrole nitrogens is 1. The van der Waals surface area contributed by atoms with Gasteiger partial charge in [0.2, 0.25) is 0 Å². The van der Waals surface area contributed by atoms with Gasteiger partial charge in [0.05, 0.1) is 5.39 Å². The minimum atomic E-state index is -0.190. The van der Waals surface area contributed by atoms with Crippen LogP contribution in [0.2, 0.25) is 0 Å². The monoisotopic (exact) mass is 436 g/mol. The number of pyridine rings is 1. The lowest BCUT2D eigenvalue weighted by Crippen LogP contribution is -2.29. The molecule has 0 saturated heterocycles. The van der Waals surface area contributed by atoms with Crippen molar-refractivity contribution < 1.29 is 5.11 Å². The van der Waals surface area contributed by atoms with Crippen LogP contribution in [-0.4, -0.2) is 34.6 Å². The number of nitrogens with zero attached hydrogens (tertiary/aromatic N) is 1. The molecule has 2 heterocycles. The number of phenols is 1. The molecule has 2 N–H and O–H groups in total. The number of phenolic OH excluding ortho intramolecular Hbond substituents is 1. The Bertz CT molecular complexity index is 1340. The average Bonchev–Trinajstić information content (AvgIpc) is 2.86.